The lowest BCUT2D eigenvalue weighted by molar-refractivity contribution is 0.206. The highest BCUT2D eigenvalue weighted by atomic mass is 16.5. The molecule has 1 aromatic heterocycles. The molecule has 0 saturated heterocycles. The number of ether oxygens (including phenoxy) is 1. The Labute approximate surface area is 98.4 Å². The van der Waals surface area contributed by atoms with Crippen molar-refractivity contribution in [1.29, 1.82) is 0 Å². The molecule has 16 heavy (non-hydrogen) atoms. The van der Waals surface area contributed by atoms with Gasteiger partial charge in [-0.2, -0.15) is 0 Å². The van der Waals surface area contributed by atoms with E-state index < -0.39 is 0 Å². The molecule has 0 aliphatic rings. The largest absolute Gasteiger partial charge is 0.383 e. The van der Waals surface area contributed by atoms with Crippen LogP contribution in [0.4, 0.5) is 5.82 Å². The monoisotopic (exact) mass is 222 g/mol. The fourth-order valence-electron chi connectivity index (χ4n) is 1.62. The van der Waals surface area contributed by atoms with Gasteiger partial charge in [0.1, 0.15) is 5.82 Å². The zero-order chi connectivity index (χ0) is 12.2. The molecule has 0 bridgehead atoms. The molecule has 0 aromatic carbocycles. The summed E-state index contributed by atoms with van der Waals surface area (Å²) in [4.78, 5) is 6.61. The van der Waals surface area contributed by atoms with Gasteiger partial charge in [0.25, 0.3) is 0 Å². The van der Waals surface area contributed by atoms with Gasteiger partial charge >= 0.3 is 0 Å². The molecule has 0 spiro atoms. The van der Waals surface area contributed by atoms with Crippen LogP contribution in [-0.4, -0.2) is 32.3 Å². The molecule has 1 aromatic rings. The van der Waals surface area contributed by atoms with Gasteiger partial charge in [-0.25, -0.2) is 4.98 Å². The smallest absolute Gasteiger partial charge is 0.132 e. The Morgan fingerprint density at radius 2 is 2.06 bits per heavy atom. The molecule has 0 saturated carbocycles. The average molecular weight is 222 g/mol. The van der Waals surface area contributed by atoms with E-state index in [9.17, 15) is 0 Å². The van der Waals surface area contributed by atoms with E-state index in [-0.39, 0.29) is 5.41 Å². The lowest BCUT2D eigenvalue weighted by Gasteiger charge is -2.27. The first-order chi connectivity index (χ1) is 7.46. The number of anilines is 1. The maximum atomic E-state index is 5.09. The van der Waals surface area contributed by atoms with Crippen LogP contribution in [0.3, 0.4) is 0 Å². The molecular formula is C13H22N2O. The molecule has 3 nitrogen and oxygen atoms in total. The minimum Gasteiger partial charge on any atom is -0.383 e. The minimum atomic E-state index is 0.116. The SMILES string of the molecule is COCCN(C)c1ncccc1C(C)(C)C. The Bertz CT molecular complexity index is 331. The van der Waals surface area contributed by atoms with Crippen molar-refractivity contribution in [2.24, 2.45) is 0 Å². The highest BCUT2D eigenvalue weighted by Crippen LogP contribution is 2.29. The molecule has 0 fully saturated rings. The average Bonchev–Trinajstić information content (AvgIpc) is 2.24. The van der Waals surface area contributed by atoms with Crippen LogP contribution < -0.4 is 4.90 Å². The summed E-state index contributed by atoms with van der Waals surface area (Å²) in [6.45, 7) is 8.19. The molecule has 0 N–H and O–H groups in total. The summed E-state index contributed by atoms with van der Waals surface area (Å²) in [6, 6.07) is 4.14. The van der Waals surface area contributed by atoms with E-state index in [1.807, 2.05) is 12.3 Å². The molecule has 0 aliphatic heterocycles. The van der Waals surface area contributed by atoms with E-state index in [0.29, 0.717) is 0 Å². The Morgan fingerprint density at radius 1 is 1.38 bits per heavy atom. The number of aromatic nitrogens is 1. The third-order valence-corrected chi connectivity index (χ3v) is 2.59. The maximum Gasteiger partial charge on any atom is 0.132 e. The predicted molar refractivity (Wildman–Crippen MR) is 68.1 cm³/mol. The van der Waals surface area contributed by atoms with Gasteiger partial charge < -0.3 is 9.64 Å². The van der Waals surface area contributed by atoms with Crippen LogP contribution >= 0.6 is 0 Å². The summed E-state index contributed by atoms with van der Waals surface area (Å²) in [7, 11) is 3.77. The fraction of sp³-hybridized carbons (Fsp3) is 0.615. The van der Waals surface area contributed by atoms with Crippen LogP contribution in [0.1, 0.15) is 26.3 Å². The van der Waals surface area contributed by atoms with E-state index >= 15 is 0 Å². The molecule has 0 unspecified atom stereocenters. The molecular weight excluding hydrogens is 200 g/mol. The first-order valence-corrected chi connectivity index (χ1v) is 5.62. The number of pyridine rings is 1. The van der Waals surface area contributed by atoms with E-state index in [4.69, 9.17) is 4.74 Å². The third-order valence-electron chi connectivity index (χ3n) is 2.59. The summed E-state index contributed by atoms with van der Waals surface area (Å²) in [5.41, 5.74) is 1.39. The van der Waals surface area contributed by atoms with Gasteiger partial charge in [-0.05, 0) is 11.5 Å². The lowest BCUT2D eigenvalue weighted by Crippen LogP contribution is -2.27. The zero-order valence-corrected chi connectivity index (χ0v) is 10.9. The van der Waals surface area contributed by atoms with Crippen molar-refractivity contribution >= 4 is 5.82 Å². The lowest BCUT2D eigenvalue weighted by atomic mass is 9.87. The van der Waals surface area contributed by atoms with Gasteiger partial charge in [0.05, 0.1) is 6.61 Å². The number of nitrogens with zero attached hydrogens (tertiary/aromatic N) is 2. The van der Waals surface area contributed by atoms with Crippen LogP contribution in [0.15, 0.2) is 18.3 Å². The van der Waals surface area contributed by atoms with Crippen molar-refractivity contribution in [1.82, 2.24) is 4.98 Å². The molecule has 0 aliphatic carbocycles. The van der Waals surface area contributed by atoms with Crippen molar-refractivity contribution in [2.45, 2.75) is 26.2 Å². The van der Waals surface area contributed by atoms with Crippen LogP contribution in [0, 0.1) is 0 Å². The standard InChI is InChI=1S/C13H22N2O/c1-13(2,3)11-7-6-8-14-12(11)15(4)9-10-16-5/h6-8H,9-10H2,1-5H3. The fourth-order valence-corrected chi connectivity index (χ4v) is 1.62. The van der Waals surface area contributed by atoms with E-state index in [1.54, 1.807) is 7.11 Å². The van der Waals surface area contributed by atoms with E-state index in [2.05, 4.69) is 43.8 Å². The second-order valence-corrected chi connectivity index (χ2v) is 5.04. The molecule has 0 amide bonds. The maximum absolute atomic E-state index is 5.09. The third kappa shape index (κ3) is 3.20. The molecule has 90 valence electrons. The van der Waals surface area contributed by atoms with Crippen molar-refractivity contribution in [2.75, 3.05) is 32.2 Å². The summed E-state index contributed by atoms with van der Waals surface area (Å²) < 4.78 is 5.09. The van der Waals surface area contributed by atoms with Crippen molar-refractivity contribution in [3.05, 3.63) is 23.9 Å². The molecule has 1 heterocycles. The number of hydrogen-bond acceptors (Lipinski definition) is 3. The molecule has 0 radical (unpaired) electrons. The van der Waals surface area contributed by atoms with Gasteiger partial charge in [0.15, 0.2) is 0 Å². The molecule has 3 heteroatoms. The second kappa shape index (κ2) is 5.30. The quantitative estimate of drug-likeness (QED) is 0.782. The predicted octanol–water partition coefficient (Wildman–Crippen LogP) is 2.46. The molecule has 1 rings (SSSR count). The highest BCUT2D eigenvalue weighted by molar-refractivity contribution is 5.49. The van der Waals surface area contributed by atoms with Gasteiger partial charge in [-0.15, -0.1) is 0 Å². The van der Waals surface area contributed by atoms with Gasteiger partial charge in [-0.1, -0.05) is 26.8 Å². The van der Waals surface area contributed by atoms with Crippen LogP contribution in [0.2, 0.25) is 0 Å². The van der Waals surface area contributed by atoms with Gasteiger partial charge in [-0.3, -0.25) is 0 Å². The highest BCUT2D eigenvalue weighted by Gasteiger charge is 2.20. The summed E-state index contributed by atoms with van der Waals surface area (Å²) in [5.74, 6) is 1.05. The normalized spacial score (nSPS) is 11.6. The van der Waals surface area contributed by atoms with E-state index in [1.165, 1.54) is 5.56 Å². The van der Waals surface area contributed by atoms with Crippen molar-refractivity contribution in [3.8, 4) is 0 Å². The Kier molecular flexibility index (Phi) is 4.30. The minimum absolute atomic E-state index is 0.116. The number of likely N-dealkylation sites (N-methyl/N-ethyl adjacent to an activating group) is 1. The topological polar surface area (TPSA) is 25.4 Å². The van der Waals surface area contributed by atoms with Crippen molar-refractivity contribution < 1.29 is 4.74 Å². The van der Waals surface area contributed by atoms with Gasteiger partial charge in [0.2, 0.25) is 0 Å². The van der Waals surface area contributed by atoms with E-state index in [0.717, 1.165) is 19.0 Å². The Morgan fingerprint density at radius 3 is 2.62 bits per heavy atom. The Hall–Kier alpha value is -1.09. The zero-order valence-electron chi connectivity index (χ0n) is 10.9. The number of methoxy groups -OCH3 is 1. The van der Waals surface area contributed by atoms with Crippen molar-refractivity contribution in [3.63, 3.8) is 0 Å². The van der Waals surface area contributed by atoms with Gasteiger partial charge in [0, 0.05) is 32.5 Å². The first-order valence-electron chi connectivity index (χ1n) is 5.62. The summed E-state index contributed by atoms with van der Waals surface area (Å²) in [6.07, 6.45) is 1.84. The summed E-state index contributed by atoms with van der Waals surface area (Å²) >= 11 is 0. The van der Waals surface area contributed by atoms with Crippen LogP contribution in [0.5, 0.6) is 0 Å². The number of hydrogen-bond donors (Lipinski definition) is 0. The second-order valence-electron chi connectivity index (χ2n) is 5.04. The first kappa shape index (κ1) is 13.0. The summed E-state index contributed by atoms with van der Waals surface area (Å²) in [5, 5.41) is 0. The Balaban J connectivity index is 2.94. The number of rotatable bonds is 4. The molecule has 0 atom stereocenters. The van der Waals surface area contributed by atoms with Crippen LogP contribution in [-0.2, 0) is 10.2 Å². The van der Waals surface area contributed by atoms with Crippen LogP contribution in [0.25, 0.3) is 0 Å².